The number of tetrazole rings is 1. The fraction of sp³-hybridized carbons (Fsp3) is 0.200. The number of carbonyl (C=O) groups is 1. The summed E-state index contributed by atoms with van der Waals surface area (Å²) in [7, 11) is 0. The van der Waals surface area contributed by atoms with Crippen LogP contribution in [0.2, 0.25) is 0 Å². The maximum Gasteiger partial charge on any atom is 0.272 e. The molecule has 0 bridgehead atoms. The number of benzene rings is 1. The lowest BCUT2D eigenvalue weighted by Crippen LogP contribution is -2.28. The summed E-state index contributed by atoms with van der Waals surface area (Å²) >= 11 is 0. The predicted molar refractivity (Wildman–Crippen MR) is 63.1 cm³/mol. The van der Waals surface area contributed by atoms with Crippen molar-refractivity contribution in [1.29, 1.82) is 0 Å². The molecule has 0 fully saturated rings. The van der Waals surface area contributed by atoms with Gasteiger partial charge in [0.2, 0.25) is 0 Å². The number of amides is 1. The Morgan fingerprint density at radius 3 is 2.85 bits per heavy atom. The van der Waals surface area contributed by atoms with Crippen LogP contribution in [0.1, 0.15) is 29.1 Å². The summed E-state index contributed by atoms with van der Waals surface area (Å²) in [4.78, 5) is 21.6. The monoisotopic (exact) mass is 280 g/mol. The van der Waals surface area contributed by atoms with Gasteiger partial charge in [0.15, 0.2) is 5.82 Å². The Bertz CT molecular complexity index is 644. The van der Waals surface area contributed by atoms with Crippen molar-refractivity contribution in [2.75, 3.05) is 0 Å². The lowest BCUT2D eigenvalue weighted by atomic mass is 10.1. The van der Waals surface area contributed by atoms with Gasteiger partial charge in [-0.1, -0.05) is 5.21 Å². The summed E-state index contributed by atoms with van der Waals surface area (Å²) in [5, 5.41) is 25.8. The van der Waals surface area contributed by atoms with Crippen molar-refractivity contribution < 1.29 is 14.1 Å². The summed E-state index contributed by atoms with van der Waals surface area (Å²) in [5.74, 6) is -1.47. The third-order valence-electron chi connectivity index (χ3n) is 2.50. The van der Waals surface area contributed by atoms with Gasteiger partial charge in [-0.05, 0) is 13.0 Å². The zero-order chi connectivity index (χ0) is 14.7. The van der Waals surface area contributed by atoms with E-state index in [2.05, 4.69) is 25.9 Å². The minimum Gasteiger partial charge on any atom is -0.342 e. The van der Waals surface area contributed by atoms with Crippen molar-refractivity contribution >= 4 is 11.6 Å². The molecule has 0 aliphatic carbocycles. The van der Waals surface area contributed by atoms with Crippen LogP contribution in [0.5, 0.6) is 0 Å². The highest BCUT2D eigenvalue weighted by Crippen LogP contribution is 2.17. The standard InChI is InChI=1S/C10H9FN6O3/c1-5(9-13-15-16-14-9)12-10(18)7-3-2-6(17(19)20)4-8(7)11/h2-5H,1H3,(H,12,18)(H,13,14,15,16). The van der Waals surface area contributed by atoms with Crippen LogP contribution in [0.4, 0.5) is 10.1 Å². The van der Waals surface area contributed by atoms with E-state index in [0.29, 0.717) is 6.07 Å². The molecule has 1 atom stereocenters. The number of aromatic nitrogens is 4. The number of H-pyrrole nitrogens is 1. The second-order valence-corrected chi connectivity index (χ2v) is 3.89. The van der Waals surface area contributed by atoms with E-state index in [0.717, 1.165) is 12.1 Å². The van der Waals surface area contributed by atoms with Crippen LogP contribution in [-0.2, 0) is 0 Å². The highest BCUT2D eigenvalue weighted by atomic mass is 19.1. The van der Waals surface area contributed by atoms with Crippen molar-refractivity contribution in [3.8, 4) is 0 Å². The molecule has 0 saturated carbocycles. The molecule has 0 aliphatic rings. The number of nitrogens with zero attached hydrogens (tertiary/aromatic N) is 4. The van der Waals surface area contributed by atoms with Gasteiger partial charge >= 0.3 is 0 Å². The van der Waals surface area contributed by atoms with Crippen LogP contribution < -0.4 is 5.32 Å². The Morgan fingerprint density at radius 1 is 1.55 bits per heavy atom. The van der Waals surface area contributed by atoms with Crippen LogP contribution in [0.15, 0.2) is 18.2 Å². The van der Waals surface area contributed by atoms with E-state index in [1.54, 1.807) is 6.92 Å². The van der Waals surface area contributed by atoms with Crippen molar-refractivity contribution in [3.63, 3.8) is 0 Å². The van der Waals surface area contributed by atoms with Crippen molar-refractivity contribution in [1.82, 2.24) is 25.9 Å². The first-order chi connectivity index (χ1) is 9.49. The van der Waals surface area contributed by atoms with Gasteiger partial charge < -0.3 is 5.32 Å². The van der Waals surface area contributed by atoms with E-state index in [1.165, 1.54) is 0 Å². The Morgan fingerprint density at radius 2 is 2.30 bits per heavy atom. The molecule has 10 heteroatoms. The number of nitro groups is 1. The van der Waals surface area contributed by atoms with Crippen LogP contribution in [0.3, 0.4) is 0 Å². The molecule has 9 nitrogen and oxygen atoms in total. The number of carbonyl (C=O) groups excluding carboxylic acids is 1. The van der Waals surface area contributed by atoms with E-state index < -0.39 is 28.4 Å². The van der Waals surface area contributed by atoms with Gasteiger partial charge in [-0.25, -0.2) is 4.39 Å². The molecule has 0 saturated heterocycles. The fourth-order valence-electron chi connectivity index (χ4n) is 1.49. The quantitative estimate of drug-likeness (QED) is 0.628. The normalized spacial score (nSPS) is 11.9. The Balaban J connectivity index is 2.15. The Labute approximate surface area is 111 Å². The molecule has 1 unspecified atom stereocenters. The summed E-state index contributed by atoms with van der Waals surface area (Å²) in [6.07, 6.45) is 0. The number of hydrogen-bond acceptors (Lipinski definition) is 6. The van der Waals surface area contributed by atoms with E-state index in [4.69, 9.17) is 0 Å². The number of hydrogen-bond donors (Lipinski definition) is 2. The molecule has 2 rings (SSSR count). The van der Waals surface area contributed by atoms with Crippen molar-refractivity contribution in [2.45, 2.75) is 13.0 Å². The SMILES string of the molecule is CC(NC(=O)c1ccc([N+](=O)[O-])cc1F)c1nn[nH]n1. The first-order valence-corrected chi connectivity index (χ1v) is 5.47. The fourth-order valence-corrected chi connectivity index (χ4v) is 1.49. The second-order valence-electron chi connectivity index (χ2n) is 3.89. The lowest BCUT2D eigenvalue weighted by molar-refractivity contribution is -0.385. The zero-order valence-electron chi connectivity index (χ0n) is 10.2. The minimum atomic E-state index is -0.975. The molecule has 1 heterocycles. The number of halogens is 1. The molecule has 0 radical (unpaired) electrons. The number of rotatable bonds is 4. The van der Waals surface area contributed by atoms with E-state index in [1.807, 2.05) is 0 Å². The molecule has 20 heavy (non-hydrogen) atoms. The maximum atomic E-state index is 13.6. The first-order valence-electron chi connectivity index (χ1n) is 5.47. The second kappa shape index (κ2) is 5.38. The van der Waals surface area contributed by atoms with E-state index >= 15 is 0 Å². The summed E-state index contributed by atoms with van der Waals surface area (Å²) in [5.41, 5.74) is -0.726. The topological polar surface area (TPSA) is 127 Å². The number of nitro benzene ring substituents is 1. The molecule has 0 spiro atoms. The predicted octanol–water partition coefficient (Wildman–Crippen LogP) is 0.738. The van der Waals surface area contributed by atoms with Crippen LogP contribution >= 0.6 is 0 Å². The van der Waals surface area contributed by atoms with Gasteiger partial charge in [-0.2, -0.15) is 5.21 Å². The van der Waals surface area contributed by atoms with Gasteiger partial charge in [-0.3, -0.25) is 14.9 Å². The molecule has 1 amide bonds. The van der Waals surface area contributed by atoms with Gasteiger partial charge in [0.25, 0.3) is 11.6 Å². The third-order valence-corrected chi connectivity index (χ3v) is 2.50. The third kappa shape index (κ3) is 2.74. The van der Waals surface area contributed by atoms with E-state index in [9.17, 15) is 19.3 Å². The van der Waals surface area contributed by atoms with Gasteiger partial charge in [0.05, 0.1) is 22.6 Å². The van der Waals surface area contributed by atoms with Crippen LogP contribution in [0.25, 0.3) is 0 Å². The molecular formula is C10H9FN6O3. The summed E-state index contributed by atoms with van der Waals surface area (Å²) in [6.45, 7) is 1.59. The Hall–Kier alpha value is -2.91. The van der Waals surface area contributed by atoms with Crippen LogP contribution in [0, 0.1) is 15.9 Å². The molecule has 1 aromatic heterocycles. The van der Waals surface area contributed by atoms with E-state index in [-0.39, 0.29) is 11.4 Å². The average Bonchev–Trinajstić information content (AvgIpc) is 2.92. The zero-order valence-corrected chi connectivity index (χ0v) is 10.2. The van der Waals surface area contributed by atoms with Gasteiger partial charge in [0.1, 0.15) is 5.82 Å². The maximum absolute atomic E-state index is 13.6. The largest absolute Gasteiger partial charge is 0.342 e. The van der Waals surface area contributed by atoms with Crippen molar-refractivity contribution in [2.24, 2.45) is 0 Å². The molecule has 104 valence electrons. The van der Waals surface area contributed by atoms with Crippen molar-refractivity contribution in [3.05, 3.63) is 45.5 Å². The number of aromatic amines is 1. The average molecular weight is 280 g/mol. The molecular weight excluding hydrogens is 271 g/mol. The summed E-state index contributed by atoms with van der Waals surface area (Å²) in [6, 6.07) is 2.20. The smallest absolute Gasteiger partial charge is 0.272 e. The molecule has 0 aliphatic heterocycles. The lowest BCUT2D eigenvalue weighted by Gasteiger charge is -2.10. The molecule has 2 N–H and O–H groups in total. The number of non-ortho nitro benzene ring substituents is 1. The highest BCUT2D eigenvalue weighted by molar-refractivity contribution is 5.94. The van der Waals surface area contributed by atoms with Gasteiger partial charge in [0, 0.05) is 6.07 Å². The summed E-state index contributed by atoms with van der Waals surface area (Å²) < 4.78 is 13.6. The van der Waals surface area contributed by atoms with Crippen LogP contribution in [-0.4, -0.2) is 31.5 Å². The highest BCUT2D eigenvalue weighted by Gasteiger charge is 2.19. The number of nitrogens with one attached hydrogen (secondary N) is 2. The first kappa shape index (κ1) is 13.5. The molecule has 2 aromatic rings. The van der Waals surface area contributed by atoms with Gasteiger partial charge in [-0.15, -0.1) is 10.2 Å². The minimum absolute atomic E-state index is 0.237. The molecule has 1 aromatic carbocycles. The Kier molecular flexibility index (Phi) is 3.64.